The minimum atomic E-state index is -3.95. The van der Waals surface area contributed by atoms with Crippen LogP contribution >= 0.6 is 0 Å². The average Bonchev–Trinajstić information content (AvgIpc) is 2.41. The molecule has 8 heteroatoms. The summed E-state index contributed by atoms with van der Waals surface area (Å²) in [6.07, 6.45) is -0.0919. The zero-order valence-corrected chi connectivity index (χ0v) is 12.4. The molecule has 0 aliphatic carbocycles. The van der Waals surface area contributed by atoms with Crippen LogP contribution in [0.15, 0.2) is 23.1 Å². The molecule has 1 amide bonds. The van der Waals surface area contributed by atoms with Crippen molar-refractivity contribution in [3.63, 3.8) is 0 Å². The lowest BCUT2D eigenvalue weighted by Gasteiger charge is -2.31. The van der Waals surface area contributed by atoms with Gasteiger partial charge in [-0.25, -0.2) is 8.42 Å². The highest BCUT2D eigenvalue weighted by molar-refractivity contribution is 7.92. The van der Waals surface area contributed by atoms with E-state index in [-0.39, 0.29) is 10.8 Å². The molecule has 1 atom stereocenters. The summed E-state index contributed by atoms with van der Waals surface area (Å²) < 4.78 is 29.3. The van der Waals surface area contributed by atoms with E-state index < -0.39 is 27.7 Å². The van der Waals surface area contributed by atoms with E-state index in [1.165, 1.54) is 30.1 Å². The van der Waals surface area contributed by atoms with Gasteiger partial charge in [0.15, 0.2) is 21.7 Å². The quantitative estimate of drug-likeness (QED) is 0.877. The van der Waals surface area contributed by atoms with Crippen molar-refractivity contribution in [3.8, 4) is 5.75 Å². The number of rotatable bonds is 4. The summed E-state index contributed by atoms with van der Waals surface area (Å²) in [6.45, 7) is 1.81. The number of ether oxygens (including phenoxy) is 1. The van der Waals surface area contributed by atoms with E-state index in [1.807, 2.05) is 6.92 Å². The predicted octanol–water partition coefficient (Wildman–Crippen LogP) is 0.679. The number of aliphatic carboxylic acids is 1. The molecule has 0 bridgehead atoms. The second-order valence-corrected chi connectivity index (χ2v) is 6.68. The van der Waals surface area contributed by atoms with Gasteiger partial charge in [-0.3, -0.25) is 9.59 Å². The number of amides is 1. The van der Waals surface area contributed by atoms with Gasteiger partial charge in [0.05, 0.1) is 10.6 Å². The largest absolute Gasteiger partial charge is 0.480 e. The topological polar surface area (TPSA) is 101 Å². The van der Waals surface area contributed by atoms with Gasteiger partial charge in [0.1, 0.15) is 5.75 Å². The third-order valence-electron chi connectivity index (χ3n) is 3.21. The maximum absolute atomic E-state index is 12.0. The first kappa shape index (κ1) is 15.3. The van der Waals surface area contributed by atoms with Crippen molar-refractivity contribution in [2.24, 2.45) is 0 Å². The van der Waals surface area contributed by atoms with E-state index in [2.05, 4.69) is 0 Å². The van der Waals surface area contributed by atoms with E-state index in [0.717, 1.165) is 0 Å². The van der Waals surface area contributed by atoms with Gasteiger partial charge in [0.2, 0.25) is 0 Å². The van der Waals surface area contributed by atoms with Crippen LogP contribution in [0.2, 0.25) is 0 Å². The molecule has 1 aliphatic rings. The van der Waals surface area contributed by atoms with Crippen LogP contribution in [-0.2, 0) is 19.4 Å². The molecule has 1 N–H and O–H groups in total. The van der Waals surface area contributed by atoms with Gasteiger partial charge in [-0.2, -0.15) is 0 Å². The Morgan fingerprint density at radius 1 is 1.43 bits per heavy atom. The number of carbonyl (C=O) groups excluding carboxylic acids is 1. The van der Waals surface area contributed by atoms with Crippen molar-refractivity contribution in [2.75, 3.05) is 17.7 Å². The minimum Gasteiger partial charge on any atom is -0.480 e. The zero-order chi connectivity index (χ0) is 15.8. The van der Waals surface area contributed by atoms with E-state index in [0.29, 0.717) is 17.9 Å². The molecule has 0 spiro atoms. The number of hydrogen-bond donors (Lipinski definition) is 1. The summed E-state index contributed by atoms with van der Waals surface area (Å²) in [5.74, 6) is -2.29. The lowest BCUT2D eigenvalue weighted by Crippen LogP contribution is -2.43. The Morgan fingerprint density at radius 2 is 2.10 bits per heavy atom. The van der Waals surface area contributed by atoms with Gasteiger partial charge in [0, 0.05) is 7.05 Å². The summed E-state index contributed by atoms with van der Waals surface area (Å²) >= 11 is 0. The monoisotopic (exact) mass is 313 g/mol. The SMILES string of the molecule is CCC1Oc2ccc(S(=O)(=O)CC(=O)O)cc2N(C)C1=O. The fraction of sp³-hybridized carbons (Fsp3) is 0.385. The third kappa shape index (κ3) is 2.85. The number of nitrogens with zero attached hydrogens (tertiary/aromatic N) is 1. The fourth-order valence-electron chi connectivity index (χ4n) is 2.09. The maximum atomic E-state index is 12.0. The van der Waals surface area contributed by atoms with Crippen molar-refractivity contribution < 1.29 is 27.9 Å². The van der Waals surface area contributed by atoms with Crippen molar-refractivity contribution in [3.05, 3.63) is 18.2 Å². The highest BCUT2D eigenvalue weighted by Crippen LogP contribution is 2.35. The number of benzene rings is 1. The van der Waals surface area contributed by atoms with Gasteiger partial charge >= 0.3 is 5.97 Å². The normalized spacial score (nSPS) is 18.1. The summed E-state index contributed by atoms with van der Waals surface area (Å²) in [5.41, 5.74) is 0.316. The van der Waals surface area contributed by atoms with Crippen LogP contribution in [0.4, 0.5) is 5.69 Å². The molecule has 0 radical (unpaired) electrons. The van der Waals surface area contributed by atoms with Crippen LogP contribution < -0.4 is 9.64 Å². The first-order chi connectivity index (χ1) is 9.76. The number of likely N-dealkylation sites (N-methyl/N-ethyl adjacent to an activating group) is 1. The summed E-state index contributed by atoms with van der Waals surface area (Å²) in [7, 11) is -2.42. The first-order valence-electron chi connectivity index (χ1n) is 6.29. The van der Waals surface area contributed by atoms with Gasteiger partial charge in [-0.05, 0) is 24.6 Å². The Labute approximate surface area is 122 Å². The lowest BCUT2D eigenvalue weighted by atomic mass is 10.1. The molecule has 2 rings (SSSR count). The molecule has 1 aliphatic heterocycles. The highest BCUT2D eigenvalue weighted by atomic mass is 32.2. The molecule has 0 saturated heterocycles. The molecule has 21 heavy (non-hydrogen) atoms. The number of carbonyl (C=O) groups is 2. The molecule has 7 nitrogen and oxygen atoms in total. The second-order valence-electron chi connectivity index (χ2n) is 4.69. The summed E-state index contributed by atoms with van der Waals surface area (Å²) in [4.78, 5) is 23.8. The van der Waals surface area contributed by atoms with Crippen LogP contribution in [0, 0.1) is 0 Å². The number of anilines is 1. The molecule has 1 aromatic rings. The van der Waals surface area contributed by atoms with Gasteiger partial charge in [-0.15, -0.1) is 0 Å². The fourth-order valence-corrected chi connectivity index (χ4v) is 3.15. The Balaban J connectivity index is 2.45. The van der Waals surface area contributed by atoms with E-state index in [1.54, 1.807) is 0 Å². The Kier molecular flexibility index (Phi) is 3.91. The minimum absolute atomic E-state index is 0.151. The van der Waals surface area contributed by atoms with Crippen LogP contribution in [0.25, 0.3) is 0 Å². The number of fused-ring (bicyclic) bond motifs is 1. The molecule has 0 aromatic heterocycles. The van der Waals surface area contributed by atoms with Crippen LogP contribution in [-0.4, -0.2) is 44.3 Å². The maximum Gasteiger partial charge on any atom is 0.319 e. The highest BCUT2D eigenvalue weighted by Gasteiger charge is 2.32. The van der Waals surface area contributed by atoms with E-state index in [9.17, 15) is 18.0 Å². The van der Waals surface area contributed by atoms with Gasteiger partial charge < -0.3 is 14.7 Å². The molecule has 114 valence electrons. The van der Waals surface area contributed by atoms with Gasteiger partial charge in [0.25, 0.3) is 5.91 Å². The molecule has 1 heterocycles. The Morgan fingerprint density at radius 3 is 2.67 bits per heavy atom. The molecule has 0 saturated carbocycles. The van der Waals surface area contributed by atoms with Crippen LogP contribution in [0.5, 0.6) is 5.75 Å². The van der Waals surface area contributed by atoms with E-state index in [4.69, 9.17) is 9.84 Å². The molecule has 1 unspecified atom stereocenters. The second kappa shape index (κ2) is 5.36. The molecule has 1 aromatic carbocycles. The smallest absolute Gasteiger partial charge is 0.319 e. The number of carboxylic acids is 1. The third-order valence-corrected chi connectivity index (χ3v) is 4.81. The van der Waals surface area contributed by atoms with E-state index >= 15 is 0 Å². The van der Waals surface area contributed by atoms with Crippen LogP contribution in [0.3, 0.4) is 0 Å². The number of sulfone groups is 1. The first-order valence-corrected chi connectivity index (χ1v) is 7.94. The van der Waals surface area contributed by atoms with Crippen LogP contribution in [0.1, 0.15) is 13.3 Å². The predicted molar refractivity (Wildman–Crippen MR) is 74.2 cm³/mol. The van der Waals surface area contributed by atoms with Crippen molar-refractivity contribution in [1.29, 1.82) is 0 Å². The average molecular weight is 313 g/mol. The molecular formula is C13H15NO6S. The molecule has 0 fully saturated rings. The van der Waals surface area contributed by atoms with Gasteiger partial charge in [-0.1, -0.05) is 6.92 Å². The number of hydrogen-bond acceptors (Lipinski definition) is 5. The lowest BCUT2D eigenvalue weighted by molar-refractivity contribution is -0.134. The Bertz CT molecular complexity index is 697. The standard InChI is InChI=1S/C13H15NO6S/c1-3-10-13(17)14(2)9-6-8(4-5-11(9)20-10)21(18,19)7-12(15)16/h4-6,10H,3,7H2,1-2H3,(H,15,16). The zero-order valence-electron chi connectivity index (χ0n) is 11.6. The summed E-state index contributed by atoms with van der Waals surface area (Å²) in [5, 5.41) is 8.64. The van der Waals surface area contributed by atoms with Crippen molar-refractivity contribution in [1.82, 2.24) is 0 Å². The van der Waals surface area contributed by atoms with Crippen molar-refractivity contribution >= 4 is 27.4 Å². The molecular weight excluding hydrogens is 298 g/mol. The number of carboxylic acid groups (broad SMARTS) is 1. The Hall–Kier alpha value is -2.09. The summed E-state index contributed by atoms with van der Waals surface area (Å²) in [6, 6.07) is 3.99. The van der Waals surface area contributed by atoms with Crippen molar-refractivity contribution in [2.45, 2.75) is 24.3 Å².